The second-order valence-corrected chi connectivity index (χ2v) is 3.79. The van der Waals surface area contributed by atoms with E-state index in [0.717, 1.165) is 12.1 Å². The van der Waals surface area contributed by atoms with Gasteiger partial charge in [-0.25, -0.2) is 4.39 Å². The van der Waals surface area contributed by atoms with Crippen LogP contribution in [0.1, 0.15) is 19.0 Å². The van der Waals surface area contributed by atoms with Crippen molar-refractivity contribution < 1.29 is 13.9 Å². The highest BCUT2D eigenvalue weighted by atomic mass is 19.1. The number of aliphatic hydroxyl groups excluding tert-OH is 1. The Bertz CT molecular complexity index is 329. The Kier molecular flexibility index (Phi) is 2.90. The van der Waals surface area contributed by atoms with E-state index < -0.39 is 12.3 Å². The maximum atomic E-state index is 13.2. The molecule has 2 atom stereocenters. The van der Waals surface area contributed by atoms with E-state index in [1.807, 2.05) is 6.92 Å². The number of anilines is 1. The van der Waals surface area contributed by atoms with Crippen LogP contribution in [0, 0.1) is 0 Å². The summed E-state index contributed by atoms with van der Waals surface area (Å²) in [4.78, 5) is 5.96. The molecule has 15 heavy (non-hydrogen) atoms. The van der Waals surface area contributed by atoms with Crippen LogP contribution in [0.5, 0.6) is 0 Å². The van der Waals surface area contributed by atoms with E-state index in [2.05, 4.69) is 4.98 Å². The first-order chi connectivity index (χ1) is 7.20. The van der Waals surface area contributed by atoms with Gasteiger partial charge >= 0.3 is 0 Å². The molecule has 1 aliphatic rings. The summed E-state index contributed by atoms with van der Waals surface area (Å²) >= 11 is 0. The zero-order valence-corrected chi connectivity index (χ0v) is 8.69. The van der Waals surface area contributed by atoms with Gasteiger partial charge in [0.05, 0.1) is 18.3 Å². The summed E-state index contributed by atoms with van der Waals surface area (Å²) in [5.41, 5.74) is 0.867. The number of oxazole rings is 1. The van der Waals surface area contributed by atoms with Crippen molar-refractivity contribution in [1.29, 1.82) is 0 Å². The SMILES string of the molecule is CCc1coc(N2CC[C@H](O)[C@H](F)C2)n1. The smallest absolute Gasteiger partial charge is 0.297 e. The van der Waals surface area contributed by atoms with Crippen molar-refractivity contribution in [3.05, 3.63) is 12.0 Å². The zero-order chi connectivity index (χ0) is 10.8. The molecule has 1 aromatic rings. The lowest BCUT2D eigenvalue weighted by molar-refractivity contribution is 0.0603. The van der Waals surface area contributed by atoms with Crippen LogP contribution in [0.15, 0.2) is 10.7 Å². The Morgan fingerprint density at radius 2 is 2.53 bits per heavy atom. The van der Waals surface area contributed by atoms with E-state index in [4.69, 9.17) is 4.42 Å². The second kappa shape index (κ2) is 4.18. The van der Waals surface area contributed by atoms with Crippen molar-refractivity contribution in [2.45, 2.75) is 32.0 Å². The van der Waals surface area contributed by atoms with E-state index >= 15 is 0 Å². The number of nitrogens with zero attached hydrogens (tertiary/aromatic N) is 2. The van der Waals surface area contributed by atoms with E-state index in [1.165, 1.54) is 0 Å². The lowest BCUT2D eigenvalue weighted by Gasteiger charge is -2.30. The van der Waals surface area contributed by atoms with Crippen LogP contribution in [0.4, 0.5) is 10.4 Å². The molecular formula is C10H15FN2O2. The van der Waals surface area contributed by atoms with Gasteiger partial charge in [-0.05, 0) is 12.8 Å². The molecule has 1 aromatic heterocycles. The van der Waals surface area contributed by atoms with Crippen LogP contribution in [-0.4, -0.2) is 35.5 Å². The van der Waals surface area contributed by atoms with E-state index in [1.54, 1.807) is 11.2 Å². The molecule has 2 heterocycles. The predicted octanol–water partition coefficient (Wildman–Crippen LogP) is 1.15. The summed E-state index contributed by atoms with van der Waals surface area (Å²) < 4.78 is 18.5. The molecule has 2 rings (SSSR count). The first-order valence-electron chi connectivity index (χ1n) is 5.22. The van der Waals surface area contributed by atoms with Gasteiger partial charge in [-0.15, -0.1) is 0 Å². The minimum absolute atomic E-state index is 0.158. The fraction of sp³-hybridized carbons (Fsp3) is 0.700. The predicted molar refractivity (Wildman–Crippen MR) is 53.6 cm³/mol. The largest absolute Gasteiger partial charge is 0.432 e. The molecule has 0 amide bonds. The third-order valence-corrected chi connectivity index (χ3v) is 2.68. The molecule has 1 saturated heterocycles. The number of aliphatic hydroxyl groups is 1. The van der Waals surface area contributed by atoms with Crippen LogP contribution in [0.3, 0.4) is 0 Å². The third kappa shape index (κ3) is 2.12. The van der Waals surface area contributed by atoms with Crippen molar-refractivity contribution in [2.75, 3.05) is 18.0 Å². The molecule has 1 aliphatic heterocycles. The molecule has 1 fully saturated rings. The highest BCUT2D eigenvalue weighted by Gasteiger charge is 2.29. The van der Waals surface area contributed by atoms with Crippen LogP contribution in [0.2, 0.25) is 0 Å². The second-order valence-electron chi connectivity index (χ2n) is 3.79. The average Bonchev–Trinajstić information content (AvgIpc) is 2.70. The van der Waals surface area contributed by atoms with Gasteiger partial charge in [0.25, 0.3) is 6.01 Å². The minimum Gasteiger partial charge on any atom is -0.432 e. The third-order valence-electron chi connectivity index (χ3n) is 2.68. The lowest BCUT2D eigenvalue weighted by atomic mass is 10.1. The maximum Gasteiger partial charge on any atom is 0.297 e. The summed E-state index contributed by atoms with van der Waals surface area (Å²) in [5.74, 6) is 0. The molecule has 4 nitrogen and oxygen atoms in total. The minimum atomic E-state index is -1.21. The first kappa shape index (κ1) is 10.4. The molecule has 0 radical (unpaired) electrons. The number of hydrogen-bond acceptors (Lipinski definition) is 4. The number of alkyl halides is 1. The van der Waals surface area contributed by atoms with Crippen LogP contribution >= 0.6 is 0 Å². The Morgan fingerprint density at radius 3 is 3.13 bits per heavy atom. The van der Waals surface area contributed by atoms with Gasteiger partial charge in [0, 0.05) is 6.54 Å². The number of hydrogen-bond donors (Lipinski definition) is 1. The Balaban J connectivity index is 2.05. The van der Waals surface area contributed by atoms with Crippen molar-refractivity contribution in [3.8, 4) is 0 Å². The van der Waals surface area contributed by atoms with Gasteiger partial charge in [-0.2, -0.15) is 4.98 Å². The quantitative estimate of drug-likeness (QED) is 0.802. The highest BCUT2D eigenvalue weighted by Crippen LogP contribution is 2.21. The van der Waals surface area contributed by atoms with E-state index in [9.17, 15) is 9.50 Å². The Labute approximate surface area is 87.7 Å². The van der Waals surface area contributed by atoms with Crippen molar-refractivity contribution in [1.82, 2.24) is 4.98 Å². The summed E-state index contributed by atoms with van der Waals surface area (Å²) in [6, 6.07) is 0.460. The molecule has 0 spiro atoms. The number of aryl methyl sites for hydroxylation is 1. The Morgan fingerprint density at radius 1 is 1.73 bits per heavy atom. The van der Waals surface area contributed by atoms with E-state index in [0.29, 0.717) is 19.0 Å². The molecule has 84 valence electrons. The maximum absolute atomic E-state index is 13.2. The van der Waals surface area contributed by atoms with Crippen molar-refractivity contribution in [2.24, 2.45) is 0 Å². The normalized spacial score (nSPS) is 27.0. The topological polar surface area (TPSA) is 49.5 Å². The highest BCUT2D eigenvalue weighted by molar-refractivity contribution is 5.28. The number of halogens is 1. The first-order valence-corrected chi connectivity index (χ1v) is 5.22. The molecule has 0 aliphatic carbocycles. The van der Waals surface area contributed by atoms with Crippen molar-refractivity contribution in [3.63, 3.8) is 0 Å². The van der Waals surface area contributed by atoms with Crippen LogP contribution < -0.4 is 4.90 Å². The van der Waals surface area contributed by atoms with Crippen LogP contribution in [0.25, 0.3) is 0 Å². The van der Waals surface area contributed by atoms with Gasteiger partial charge in [-0.1, -0.05) is 6.92 Å². The Hall–Kier alpha value is -1.10. The molecule has 0 unspecified atom stereocenters. The molecule has 0 saturated carbocycles. The monoisotopic (exact) mass is 214 g/mol. The molecule has 0 aromatic carbocycles. The number of piperidine rings is 1. The standard InChI is InChI=1S/C10H15FN2O2/c1-2-7-6-15-10(12-7)13-4-3-9(14)8(11)5-13/h6,8-9,14H,2-5H2,1H3/t8-,9+/m1/s1. The summed E-state index contributed by atoms with van der Waals surface area (Å²) in [7, 11) is 0. The zero-order valence-electron chi connectivity index (χ0n) is 8.69. The molecule has 1 N–H and O–H groups in total. The molecule has 5 heteroatoms. The van der Waals surface area contributed by atoms with Gasteiger partial charge in [0.1, 0.15) is 12.4 Å². The van der Waals surface area contributed by atoms with Gasteiger partial charge in [0.2, 0.25) is 0 Å². The van der Waals surface area contributed by atoms with Gasteiger partial charge in [0.15, 0.2) is 0 Å². The van der Waals surface area contributed by atoms with E-state index in [-0.39, 0.29) is 6.54 Å². The fourth-order valence-electron chi connectivity index (χ4n) is 1.67. The number of aromatic nitrogens is 1. The molecular weight excluding hydrogens is 199 g/mol. The molecule has 0 bridgehead atoms. The fourth-order valence-corrected chi connectivity index (χ4v) is 1.67. The van der Waals surface area contributed by atoms with Crippen molar-refractivity contribution >= 4 is 6.01 Å². The lowest BCUT2D eigenvalue weighted by Crippen LogP contribution is -2.44. The van der Waals surface area contributed by atoms with Gasteiger partial charge in [-0.3, -0.25) is 0 Å². The average molecular weight is 214 g/mol. The summed E-state index contributed by atoms with van der Waals surface area (Å²) in [6.45, 7) is 2.73. The summed E-state index contributed by atoms with van der Waals surface area (Å²) in [6.07, 6.45) is 0.759. The number of rotatable bonds is 2. The van der Waals surface area contributed by atoms with Crippen LogP contribution in [-0.2, 0) is 6.42 Å². The van der Waals surface area contributed by atoms with Gasteiger partial charge < -0.3 is 14.4 Å². The summed E-state index contributed by atoms with van der Waals surface area (Å²) in [5, 5.41) is 9.24.